The third-order valence-electron chi connectivity index (χ3n) is 3.47. The maximum Gasteiger partial charge on any atom is 0.410 e. The molecule has 1 aromatic carbocycles. The summed E-state index contributed by atoms with van der Waals surface area (Å²) < 4.78 is 5.38. The second kappa shape index (κ2) is 6.38. The van der Waals surface area contributed by atoms with E-state index in [0.717, 1.165) is 17.7 Å². The number of hydrogen-bond acceptors (Lipinski definition) is 3. The van der Waals surface area contributed by atoms with Crippen molar-refractivity contribution in [3.05, 3.63) is 29.8 Å². The van der Waals surface area contributed by atoms with Crippen LogP contribution in [0, 0.1) is 6.92 Å². The molecule has 0 spiro atoms. The largest absolute Gasteiger partial charge is 0.444 e. The number of hydrogen-bond donors (Lipinski definition) is 1. The Morgan fingerprint density at radius 3 is 2.68 bits per heavy atom. The van der Waals surface area contributed by atoms with Gasteiger partial charge in [0.2, 0.25) is 5.91 Å². The van der Waals surface area contributed by atoms with Crippen molar-refractivity contribution in [3.8, 4) is 0 Å². The number of likely N-dealkylation sites (tertiary alicyclic amines) is 1. The molecule has 0 radical (unpaired) electrons. The predicted molar refractivity (Wildman–Crippen MR) is 85.8 cm³/mol. The Morgan fingerprint density at radius 2 is 2.05 bits per heavy atom. The molecule has 1 saturated heterocycles. The van der Waals surface area contributed by atoms with Crippen LogP contribution in [0.1, 0.15) is 39.2 Å². The maximum absolute atomic E-state index is 12.4. The van der Waals surface area contributed by atoms with E-state index in [1.807, 2.05) is 52.0 Å². The molecule has 1 heterocycles. The molecule has 0 aromatic heterocycles. The van der Waals surface area contributed by atoms with E-state index in [-0.39, 0.29) is 5.91 Å². The Morgan fingerprint density at radius 1 is 1.32 bits per heavy atom. The minimum atomic E-state index is -0.558. The van der Waals surface area contributed by atoms with Gasteiger partial charge in [0.25, 0.3) is 0 Å². The molecule has 1 fully saturated rings. The Balaban J connectivity index is 2.03. The Kier molecular flexibility index (Phi) is 4.74. The highest BCUT2D eigenvalue weighted by molar-refractivity contribution is 5.96. The van der Waals surface area contributed by atoms with E-state index in [2.05, 4.69) is 5.32 Å². The first-order chi connectivity index (χ1) is 10.3. The molecule has 1 aromatic rings. The van der Waals surface area contributed by atoms with Gasteiger partial charge in [-0.1, -0.05) is 12.1 Å². The molecule has 1 atom stereocenters. The lowest BCUT2D eigenvalue weighted by Gasteiger charge is -2.28. The summed E-state index contributed by atoms with van der Waals surface area (Å²) in [5.41, 5.74) is 1.27. The van der Waals surface area contributed by atoms with Gasteiger partial charge in [-0.15, -0.1) is 0 Å². The highest BCUT2D eigenvalue weighted by Gasteiger charge is 2.36. The van der Waals surface area contributed by atoms with Crippen molar-refractivity contribution in [2.75, 3.05) is 11.9 Å². The third-order valence-corrected chi connectivity index (χ3v) is 3.47. The van der Waals surface area contributed by atoms with E-state index in [9.17, 15) is 9.59 Å². The highest BCUT2D eigenvalue weighted by Crippen LogP contribution is 2.22. The van der Waals surface area contributed by atoms with Crippen molar-refractivity contribution in [1.82, 2.24) is 4.90 Å². The number of anilines is 1. The first-order valence-electron chi connectivity index (χ1n) is 7.63. The first-order valence-corrected chi connectivity index (χ1v) is 7.63. The molecule has 5 nitrogen and oxygen atoms in total. The standard InChI is InChI=1S/C17H24N2O3/c1-12-7-5-8-13(11-12)18-15(20)14-9-6-10-19(14)16(21)22-17(2,3)4/h5,7-8,11,14H,6,9-10H2,1-4H3,(H,18,20)/t14-/m0/s1. The molecular weight excluding hydrogens is 280 g/mol. The molecule has 0 aliphatic carbocycles. The number of carbonyl (C=O) groups is 2. The molecule has 120 valence electrons. The molecule has 0 bridgehead atoms. The monoisotopic (exact) mass is 304 g/mol. The third kappa shape index (κ3) is 4.23. The van der Waals surface area contributed by atoms with Gasteiger partial charge in [0.1, 0.15) is 11.6 Å². The van der Waals surface area contributed by atoms with Gasteiger partial charge in [-0.25, -0.2) is 4.79 Å². The summed E-state index contributed by atoms with van der Waals surface area (Å²) in [6.07, 6.45) is 1.05. The molecular formula is C17H24N2O3. The van der Waals surface area contributed by atoms with Gasteiger partial charge in [-0.2, -0.15) is 0 Å². The van der Waals surface area contributed by atoms with Crippen LogP contribution in [0.5, 0.6) is 0 Å². The van der Waals surface area contributed by atoms with Crippen LogP contribution in [0.2, 0.25) is 0 Å². The number of nitrogens with zero attached hydrogens (tertiary/aromatic N) is 1. The van der Waals surface area contributed by atoms with Crippen LogP contribution < -0.4 is 5.32 Å². The number of carbonyl (C=O) groups excluding carboxylic acids is 2. The number of rotatable bonds is 2. The summed E-state index contributed by atoms with van der Waals surface area (Å²) in [5.74, 6) is -0.158. The van der Waals surface area contributed by atoms with E-state index in [1.54, 1.807) is 0 Å². The lowest BCUT2D eigenvalue weighted by Crippen LogP contribution is -2.45. The van der Waals surface area contributed by atoms with E-state index >= 15 is 0 Å². The normalized spacial score (nSPS) is 18.2. The van der Waals surface area contributed by atoms with Gasteiger partial charge in [-0.3, -0.25) is 9.69 Å². The van der Waals surface area contributed by atoms with Gasteiger partial charge in [0.05, 0.1) is 0 Å². The van der Waals surface area contributed by atoms with E-state index in [0.29, 0.717) is 13.0 Å². The molecule has 1 N–H and O–H groups in total. The maximum atomic E-state index is 12.4. The van der Waals surface area contributed by atoms with Crippen LogP contribution in [0.4, 0.5) is 10.5 Å². The van der Waals surface area contributed by atoms with Crippen molar-refractivity contribution < 1.29 is 14.3 Å². The van der Waals surface area contributed by atoms with Gasteiger partial charge in [-0.05, 0) is 58.2 Å². The summed E-state index contributed by atoms with van der Waals surface area (Å²) in [6, 6.07) is 7.15. The minimum absolute atomic E-state index is 0.158. The number of ether oxygens (including phenoxy) is 1. The molecule has 0 saturated carbocycles. The lowest BCUT2D eigenvalue weighted by atomic mass is 10.2. The van der Waals surface area contributed by atoms with E-state index in [4.69, 9.17) is 4.74 Å². The zero-order chi connectivity index (χ0) is 16.3. The predicted octanol–water partition coefficient (Wildman–Crippen LogP) is 3.33. The smallest absolute Gasteiger partial charge is 0.410 e. The number of aryl methyl sites for hydroxylation is 1. The Hall–Kier alpha value is -2.04. The quantitative estimate of drug-likeness (QED) is 0.911. The van der Waals surface area contributed by atoms with Crippen LogP contribution >= 0.6 is 0 Å². The van der Waals surface area contributed by atoms with E-state index in [1.165, 1.54) is 4.90 Å². The molecule has 0 unspecified atom stereocenters. The Bertz CT molecular complexity index is 563. The summed E-state index contributed by atoms with van der Waals surface area (Å²) in [6.45, 7) is 7.99. The SMILES string of the molecule is Cc1cccc(NC(=O)[C@@H]2CCCN2C(=O)OC(C)(C)C)c1. The summed E-state index contributed by atoms with van der Waals surface area (Å²) in [4.78, 5) is 26.2. The van der Waals surface area contributed by atoms with Crippen molar-refractivity contribution >= 4 is 17.7 Å². The molecule has 5 heteroatoms. The fraction of sp³-hybridized carbons (Fsp3) is 0.529. The van der Waals surface area contributed by atoms with Crippen molar-refractivity contribution in [2.24, 2.45) is 0 Å². The molecule has 1 aliphatic rings. The van der Waals surface area contributed by atoms with Gasteiger partial charge in [0, 0.05) is 12.2 Å². The number of amides is 2. The lowest BCUT2D eigenvalue weighted by molar-refractivity contribution is -0.120. The second-order valence-electron chi connectivity index (χ2n) is 6.69. The molecule has 1 aliphatic heterocycles. The molecule has 2 amide bonds. The van der Waals surface area contributed by atoms with Gasteiger partial charge in [0.15, 0.2) is 0 Å². The van der Waals surface area contributed by atoms with Gasteiger partial charge >= 0.3 is 6.09 Å². The average Bonchev–Trinajstić information content (AvgIpc) is 2.85. The summed E-state index contributed by atoms with van der Waals surface area (Å²) in [5, 5.41) is 2.88. The summed E-state index contributed by atoms with van der Waals surface area (Å²) in [7, 11) is 0. The van der Waals surface area contributed by atoms with Crippen molar-refractivity contribution in [3.63, 3.8) is 0 Å². The topological polar surface area (TPSA) is 58.6 Å². The number of benzene rings is 1. The van der Waals surface area contributed by atoms with Crippen LogP contribution in [-0.2, 0) is 9.53 Å². The second-order valence-corrected chi connectivity index (χ2v) is 6.69. The van der Waals surface area contributed by atoms with Crippen LogP contribution in [0.15, 0.2) is 24.3 Å². The minimum Gasteiger partial charge on any atom is -0.444 e. The number of nitrogens with one attached hydrogen (secondary N) is 1. The van der Waals surface area contributed by atoms with Crippen molar-refractivity contribution in [2.45, 2.75) is 52.2 Å². The van der Waals surface area contributed by atoms with Crippen molar-refractivity contribution in [1.29, 1.82) is 0 Å². The average molecular weight is 304 g/mol. The molecule has 22 heavy (non-hydrogen) atoms. The first kappa shape index (κ1) is 16.3. The van der Waals surface area contributed by atoms with Crippen LogP contribution in [-0.4, -0.2) is 35.1 Å². The zero-order valence-corrected chi connectivity index (χ0v) is 13.7. The van der Waals surface area contributed by atoms with Gasteiger partial charge < -0.3 is 10.1 Å². The van der Waals surface area contributed by atoms with Crippen LogP contribution in [0.25, 0.3) is 0 Å². The van der Waals surface area contributed by atoms with Crippen LogP contribution in [0.3, 0.4) is 0 Å². The highest BCUT2D eigenvalue weighted by atomic mass is 16.6. The fourth-order valence-corrected chi connectivity index (χ4v) is 2.53. The zero-order valence-electron chi connectivity index (χ0n) is 13.7. The summed E-state index contributed by atoms with van der Waals surface area (Å²) >= 11 is 0. The van der Waals surface area contributed by atoms with E-state index < -0.39 is 17.7 Å². The molecule has 2 rings (SSSR count). The fourth-order valence-electron chi connectivity index (χ4n) is 2.53. The Labute approximate surface area is 131 Å².